The van der Waals surface area contributed by atoms with E-state index in [1.165, 1.54) is 6.07 Å². The van der Waals surface area contributed by atoms with Gasteiger partial charge in [-0.15, -0.1) is 11.3 Å². The predicted octanol–water partition coefficient (Wildman–Crippen LogP) is 2.70. The van der Waals surface area contributed by atoms with Gasteiger partial charge >= 0.3 is 0 Å². The number of nitrogen functional groups attached to an aromatic ring is 1. The zero-order chi connectivity index (χ0) is 15.6. The molecular formula is C14H17FN4OS. The van der Waals surface area contributed by atoms with Crippen molar-refractivity contribution in [1.82, 2.24) is 4.98 Å². The van der Waals surface area contributed by atoms with E-state index < -0.39 is 11.7 Å². The van der Waals surface area contributed by atoms with E-state index in [1.54, 1.807) is 11.3 Å². The van der Waals surface area contributed by atoms with Crippen molar-refractivity contribution in [3.8, 4) is 0 Å². The number of thiazole rings is 1. The van der Waals surface area contributed by atoms with Crippen molar-refractivity contribution >= 4 is 28.6 Å². The smallest absolute Gasteiger partial charge is 0.250 e. The molecule has 0 aliphatic heterocycles. The maximum atomic E-state index is 13.9. The molecule has 5 N–H and O–H groups in total. The van der Waals surface area contributed by atoms with Crippen molar-refractivity contribution < 1.29 is 9.18 Å². The minimum atomic E-state index is -0.689. The van der Waals surface area contributed by atoms with E-state index in [4.69, 9.17) is 11.5 Å². The van der Waals surface area contributed by atoms with E-state index in [0.29, 0.717) is 0 Å². The first kappa shape index (κ1) is 15.2. The van der Waals surface area contributed by atoms with Gasteiger partial charge in [0.1, 0.15) is 10.8 Å². The number of anilines is 2. The second kappa shape index (κ2) is 6.09. The molecule has 21 heavy (non-hydrogen) atoms. The second-order valence-corrected chi connectivity index (χ2v) is 5.81. The van der Waals surface area contributed by atoms with E-state index in [0.717, 1.165) is 22.4 Å². The Labute approximate surface area is 126 Å². The van der Waals surface area contributed by atoms with Crippen LogP contribution in [0.3, 0.4) is 0 Å². The lowest BCUT2D eigenvalue weighted by molar-refractivity contribution is 0.100. The van der Waals surface area contributed by atoms with E-state index in [1.807, 2.05) is 20.0 Å². The van der Waals surface area contributed by atoms with Gasteiger partial charge in [-0.2, -0.15) is 0 Å². The molecule has 112 valence electrons. The minimum Gasteiger partial charge on any atom is -0.398 e. The molecule has 1 aromatic carbocycles. The highest BCUT2D eigenvalue weighted by Gasteiger charge is 2.16. The average Bonchev–Trinajstić information content (AvgIpc) is 2.90. The number of carbonyl (C=O) groups excluding carboxylic acids is 1. The minimum absolute atomic E-state index is 0.0284. The molecule has 7 heteroatoms. The predicted molar refractivity (Wildman–Crippen MR) is 82.9 cm³/mol. The quantitative estimate of drug-likeness (QED) is 0.740. The highest BCUT2D eigenvalue weighted by atomic mass is 32.1. The highest BCUT2D eigenvalue weighted by molar-refractivity contribution is 7.11. The Kier molecular flexibility index (Phi) is 4.42. The first-order valence-corrected chi connectivity index (χ1v) is 7.34. The highest BCUT2D eigenvalue weighted by Crippen LogP contribution is 2.28. The second-order valence-electron chi connectivity index (χ2n) is 4.67. The maximum Gasteiger partial charge on any atom is 0.250 e. The summed E-state index contributed by atoms with van der Waals surface area (Å²) in [6.45, 7) is 3.92. The van der Waals surface area contributed by atoms with Gasteiger partial charge in [0.05, 0.1) is 17.3 Å². The van der Waals surface area contributed by atoms with Crippen molar-refractivity contribution in [2.75, 3.05) is 11.1 Å². The van der Waals surface area contributed by atoms with Crippen LogP contribution >= 0.6 is 11.3 Å². The van der Waals surface area contributed by atoms with Crippen molar-refractivity contribution in [3.05, 3.63) is 39.6 Å². The molecule has 0 radical (unpaired) electrons. The summed E-state index contributed by atoms with van der Waals surface area (Å²) in [6.07, 6.45) is 2.72. The molecular weight excluding hydrogens is 291 g/mol. The summed E-state index contributed by atoms with van der Waals surface area (Å²) in [7, 11) is 0. The number of hydrogen-bond acceptors (Lipinski definition) is 5. The van der Waals surface area contributed by atoms with Gasteiger partial charge in [0.15, 0.2) is 0 Å². The molecule has 1 atom stereocenters. The lowest BCUT2D eigenvalue weighted by Gasteiger charge is -2.15. The van der Waals surface area contributed by atoms with E-state index in [9.17, 15) is 9.18 Å². The van der Waals surface area contributed by atoms with Crippen LogP contribution in [0.1, 0.15) is 40.1 Å². The number of nitrogens with zero attached hydrogens (tertiary/aromatic N) is 1. The van der Waals surface area contributed by atoms with Gasteiger partial charge in [-0.05, 0) is 25.5 Å². The van der Waals surface area contributed by atoms with Crippen LogP contribution in [0.15, 0.2) is 18.3 Å². The lowest BCUT2D eigenvalue weighted by atomic mass is 10.1. The molecule has 2 aromatic rings. The SMILES string of the molecule is CCc1cnc(C(C)Nc2cc(C(N)=O)c(N)cc2F)s1. The largest absolute Gasteiger partial charge is 0.398 e. The van der Waals surface area contributed by atoms with E-state index >= 15 is 0 Å². The third kappa shape index (κ3) is 3.30. The number of aromatic nitrogens is 1. The number of nitrogens with two attached hydrogens (primary N) is 2. The number of benzene rings is 1. The molecule has 1 heterocycles. The summed E-state index contributed by atoms with van der Waals surface area (Å²) < 4.78 is 13.9. The zero-order valence-electron chi connectivity index (χ0n) is 11.8. The zero-order valence-corrected chi connectivity index (χ0v) is 12.6. The first-order chi connectivity index (χ1) is 9.92. The fourth-order valence-corrected chi connectivity index (χ4v) is 2.75. The van der Waals surface area contributed by atoms with Gasteiger partial charge in [0.25, 0.3) is 5.91 Å². The molecule has 0 spiro atoms. The van der Waals surface area contributed by atoms with Gasteiger partial charge in [-0.1, -0.05) is 6.92 Å². The molecule has 0 saturated carbocycles. The van der Waals surface area contributed by atoms with Gasteiger partial charge < -0.3 is 16.8 Å². The summed E-state index contributed by atoms with van der Waals surface area (Å²) >= 11 is 1.57. The van der Waals surface area contributed by atoms with E-state index in [2.05, 4.69) is 10.3 Å². The third-order valence-electron chi connectivity index (χ3n) is 3.07. The van der Waals surface area contributed by atoms with Gasteiger partial charge in [0, 0.05) is 16.8 Å². The Morgan fingerprint density at radius 2 is 2.24 bits per heavy atom. The molecule has 1 aromatic heterocycles. The maximum absolute atomic E-state index is 13.9. The number of halogens is 1. The molecule has 5 nitrogen and oxygen atoms in total. The molecule has 2 rings (SSSR count). The number of nitrogens with one attached hydrogen (secondary N) is 1. The van der Waals surface area contributed by atoms with Gasteiger partial charge in [-0.25, -0.2) is 9.37 Å². The summed E-state index contributed by atoms with van der Waals surface area (Å²) in [5, 5.41) is 3.85. The molecule has 0 bridgehead atoms. The van der Waals surface area contributed by atoms with Crippen molar-refractivity contribution in [3.63, 3.8) is 0 Å². The summed E-state index contributed by atoms with van der Waals surface area (Å²) in [6, 6.07) is 2.24. The van der Waals surface area contributed by atoms with E-state index in [-0.39, 0.29) is 23.0 Å². The van der Waals surface area contributed by atoms with Gasteiger partial charge in [0.2, 0.25) is 0 Å². The Balaban J connectivity index is 2.26. The number of primary amides is 1. The summed E-state index contributed by atoms with van der Waals surface area (Å²) in [4.78, 5) is 16.7. The fraction of sp³-hybridized carbons (Fsp3) is 0.286. The molecule has 0 aliphatic carbocycles. The lowest BCUT2D eigenvalue weighted by Crippen LogP contribution is -2.15. The van der Waals surface area contributed by atoms with Crippen LogP contribution in [0.5, 0.6) is 0 Å². The fourth-order valence-electron chi connectivity index (χ4n) is 1.89. The Morgan fingerprint density at radius 1 is 1.52 bits per heavy atom. The topological polar surface area (TPSA) is 94.0 Å². The van der Waals surface area contributed by atoms with Crippen LogP contribution in [0.4, 0.5) is 15.8 Å². The van der Waals surface area contributed by atoms with Crippen LogP contribution in [-0.4, -0.2) is 10.9 Å². The molecule has 0 saturated heterocycles. The van der Waals surface area contributed by atoms with Crippen molar-refractivity contribution in [2.45, 2.75) is 26.3 Å². The van der Waals surface area contributed by atoms with Crippen LogP contribution < -0.4 is 16.8 Å². The summed E-state index contributed by atoms with van der Waals surface area (Å²) in [5.41, 5.74) is 11.1. The van der Waals surface area contributed by atoms with Crippen LogP contribution in [0.25, 0.3) is 0 Å². The van der Waals surface area contributed by atoms with Crippen LogP contribution in [-0.2, 0) is 6.42 Å². The van der Waals surface area contributed by atoms with Crippen LogP contribution in [0.2, 0.25) is 0 Å². The third-order valence-corrected chi connectivity index (χ3v) is 4.39. The van der Waals surface area contributed by atoms with Gasteiger partial charge in [-0.3, -0.25) is 4.79 Å². The number of aryl methyl sites for hydroxylation is 1. The molecule has 1 amide bonds. The Hall–Kier alpha value is -2.15. The molecule has 0 aliphatic rings. The molecule has 1 unspecified atom stereocenters. The van der Waals surface area contributed by atoms with Crippen molar-refractivity contribution in [1.29, 1.82) is 0 Å². The standard InChI is InChI=1S/C14H17FN4OS/c1-3-8-6-18-14(21-8)7(2)19-12-4-9(13(17)20)11(16)5-10(12)15/h4-7,19H,3,16H2,1-2H3,(H2,17,20). The number of carbonyl (C=O) groups is 1. The molecule has 0 fully saturated rings. The number of rotatable bonds is 5. The average molecular weight is 308 g/mol. The normalized spacial score (nSPS) is 12.1. The number of hydrogen-bond donors (Lipinski definition) is 3. The first-order valence-electron chi connectivity index (χ1n) is 6.52. The monoisotopic (exact) mass is 308 g/mol. The Morgan fingerprint density at radius 3 is 2.81 bits per heavy atom. The Bertz CT molecular complexity index is 671. The van der Waals surface area contributed by atoms with Crippen LogP contribution in [0, 0.1) is 5.82 Å². The number of amides is 1. The summed E-state index contributed by atoms with van der Waals surface area (Å²) in [5.74, 6) is -1.22. The van der Waals surface area contributed by atoms with Crippen molar-refractivity contribution in [2.24, 2.45) is 5.73 Å².